The summed E-state index contributed by atoms with van der Waals surface area (Å²) < 4.78 is 11.0. The molecule has 7 heteroatoms. The van der Waals surface area contributed by atoms with Gasteiger partial charge in [-0.1, -0.05) is 65.2 Å². The molecule has 0 unspecified atom stereocenters. The predicted molar refractivity (Wildman–Crippen MR) is 136 cm³/mol. The number of nitrogens with one attached hydrogen (secondary N) is 2. The Morgan fingerprint density at radius 3 is 2.09 bits per heavy atom. The Hall–Kier alpha value is -1.44. The largest absolute Gasteiger partial charge is 0.378 e. The number of unbranched alkanes of at least 4 members (excludes halogenated alkanes) is 8. The summed E-state index contributed by atoms with van der Waals surface area (Å²) in [4.78, 5) is 9.56. The first-order chi connectivity index (χ1) is 15.7. The monoisotopic (exact) mass is 451 g/mol. The molecule has 1 heterocycles. The van der Waals surface area contributed by atoms with Crippen molar-refractivity contribution in [2.45, 2.75) is 91.4 Å². The Morgan fingerprint density at radius 1 is 0.719 bits per heavy atom. The van der Waals surface area contributed by atoms with Crippen LogP contribution in [0, 0.1) is 6.92 Å². The van der Waals surface area contributed by atoms with Gasteiger partial charge in [0.1, 0.15) is 5.82 Å². The fourth-order valence-electron chi connectivity index (χ4n) is 3.60. The van der Waals surface area contributed by atoms with Gasteiger partial charge in [-0.2, -0.15) is 4.98 Å². The Bertz CT molecular complexity index is 572. The van der Waals surface area contributed by atoms with Crippen molar-refractivity contribution in [2.24, 2.45) is 5.73 Å². The number of aryl methyl sites for hydroxylation is 1. The maximum atomic E-state index is 5.65. The molecule has 0 spiro atoms. The Kier molecular flexibility index (Phi) is 18.0. The number of nitrogens with two attached hydrogens (primary N) is 1. The minimum Gasteiger partial charge on any atom is -0.378 e. The van der Waals surface area contributed by atoms with Crippen molar-refractivity contribution in [1.29, 1.82) is 0 Å². The van der Waals surface area contributed by atoms with Gasteiger partial charge in [0, 0.05) is 30.9 Å². The summed E-state index contributed by atoms with van der Waals surface area (Å²) in [6.07, 6.45) is 13.7. The minimum atomic E-state index is 0.547. The van der Waals surface area contributed by atoms with E-state index in [-0.39, 0.29) is 0 Å². The molecule has 0 saturated carbocycles. The number of aromatic nitrogens is 2. The molecule has 0 atom stereocenters. The molecule has 0 aliphatic rings. The van der Waals surface area contributed by atoms with Crippen LogP contribution in [0.3, 0.4) is 0 Å². The van der Waals surface area contributed by atoms with Crippen LogP contribution in [-0.2, 0) is 15.9 Å². The van der Waals surface area contributed by atoms with E-state index in [1.807, 2.05) is 0 Å². The zero-order valence-corrected chi connectivity index (χ0v) is 21.0. The van der Waals surface area contributed by atoms with Gasteiger partial charge in [0.05, 0.1) is 26.4 Å². The number of rotatable bonds is 22. The second-order valence-electron chi connectivity index (χ2n) is 8.41. The van der Waals surface area contributed by atoms with E-state index in [2.05, 4.69) is 31.4 Å². The molecule has 32 heavy (non-hydrogen) atoms. The molecule has 0 fully saturated rings. The number of hydrogen-bond acceptors (Lipinski definition) is 7. The van der Waals surface area contributed by atoms with Gasteiger partial charge >= 0.3 is 0 Å². The van der Waals surface area contributed by atoms with E-state index >= 15 is 0 Å². The molecule has 1 aromatic heterocycles. The molecule has 186 valence electrons. The lowest BCUT2D eigenvalue weighted by atomic mass is 10.1. The molecule has 0 aliphatic carbocycles. The highest BCUT2D eigenvalue weighted by Gasteiger charge is 2.11. The van der Waals surface area contributed by atoms with Crippen molar-refractivity contribution in [3.8, 4) is 0 Å². The second-order valence-corrected chi connectivity index (χ2v) is 8.41. The minimum absolute atomic E-state index is 0.547. The highest BCUT2D eigenvalue weighted by Crippen LogP contribution is 2.21. The van der Waals surface area contributed by atoms with E-state index in [9.17, 15) is 0 Å². The van der Waals surface area contributed by atoms with Crippen molar-refractivity contribution in [1.82, 2.24) is 9.97 Å². The summed E-state index contributed by atoms with van der Waals surface area (Å²) in [6.45, 7) is 11.1. The third-order valence-electron chi connectivity index (χ3n) is 5.48. The summed E-state index contributed by atoms with van der Waals surface area (Å²) in [5, 5.41) is 6.92. The van der Waals surface area contributed by atoms with E-state index < -0.39 is 0 Å². The molecule has 1 aromatic rings. The zero-order valence-electron chi connectivity index (χ0n) is 21.0. The Balaban J connectivity index is 2.53. The van der Waals surface area contributed by atoms with E-state index in [4.69, 9.17) is 25.2 Å². The van der Waals surface area contributed by atoms with E-state index in [1.54, 1.807) is 0 Å². The van der Waals surface area contributed by atoms with Crippen molar-refractivity contribution >= 4 is 11.8 Å². The van der Waals surface area contributed by atoms with E-state index in [0.29, 0.717) is 39.5 Å². The van der Waals surface area contributed by atoms with Gasteiger partial charge in [-0.3, -0.25) is 0 Å². The highest BCUT2D eigenvalue weighted by atomic mass is 16.5. The summed E-state index contributed by atoms with van der Waals surface area (Å²) in [6, 6.07) is 0. The molecule has 0 amide bonds. The average molecular weight is 452 g/mol. The molecule has 1 rings (SSSR count). The lowest BCUT2D eigenvalue weighted by Gasteiger charge is -2.16. The van der Waals surface area contributed by atoms with Crippen LogP contribution in [0.1, 0.15) is 89.3 Å². The van der Waals surface area contributed by atoms with Crippen LogP contribution in [0.4, 0.5) is 11.8 Å². The molecule has 0 saturated heterocycles. The molecule has 0 radical (unpaired) electrons. The summed E-state index contributed by atoms with van der Waals surface area (Å²) >= 11 is 0. The second kappa shape index (κ2) is 20.2. The molecule has 0 bridgehead atoms. The first-order valence-electron chi connectivity index (χ1n) is 12.9. The fourth-order valence-corrected chi connectivity index (χ4v) is 3.60. The highest BCUT2D eigenvalue weighted by molar-refractivity contribution is 5.50. The normalized spacial score (nSPS) is 11.1. The van der Waals surface area contributed by atoms with Crippen molar-refractivity contribution in [3.05, 3.63) is 11.3 Å². The lowest BCUT2D eigenvalue weighted by Crippen LogP contribution is -2.17. The molecule has 0 aliphatic heterocycles. The van der Waals surface area contributed by atoms with Crippen LogP contribution in [-0.4, -0.2) is 56.0 Å². The Labute approximate surface area is 196 Å². The molecule has 0 aromatic carbocycles. The van der Waals surface area contributed by atoms with Crippen molar-refractivity contribution < 1.29 is 9.47 Å². The van der Waals surface area contributed by atoms with E-state index in [0.717, 1.165) is 36.8 Å². The summed E-state index contributed by atoms with van der Waals surface area (Å²) in [7, 11) is 0. The van der Waals surface area contributed by atoms with Gasteiger partial charge in [-0.25, -0.2) is 4.98 Å². The van der Waals surface area contributed by atoms with Gasteiger partial charge in [0.2, 0.25) is 5.95 Å². The molecular formula is C25H49N5O2. The molecule has 7 nitrogen and oxygen atoms in total. The third-order valence-corrected chi connectivity index (χ3v) is 5.48. The van der Waals surface area contributed by atoms with Gasteiger partial charge in [-0.05, 0) is 26.2 Å². The van der Waals surface area contributed by atoms with Crippen LogP contribution in [0.25, 0.3) is 0 Å². The maximum Gasteiger partial charge on any atom is 0.224 e. The summed E-state index contributed by atoms with van der Waals surface area (Å²) in [5.41, 5.74) is 7.72. The molecular weight excluding hydrogens is 402 g/mol. The van der Waals surface area contributed by atoms with Gasteiger partial charge in [0.15, 0.2) is 0 Å². The van der Waals surface area contributed by atoms with Gasteiger partial charge in [-0.15, -0.1) is 0 Å². The maximum absolute atomic E-state index is 5.65. The number of anilines is 2. The number of nitrogens with zero attached hydrogens (tertiary/aromatic N) is 2. The molecule has 4 N–H and O–H groups in total. The number of hydrogen-bond donors (Lipinski definition) is 3. The first-order valence-corrected chi connectivity index (χ1v) is 12.9. The zero-order chi connectivity index (χ0) is 23.3. The van der Waals surface area contributed by atoms with Crippen molar-refractivity contribution in [2.75, 3.05) is 56.7 Å². The van der Waals surface area contributed by atoms with Crippen molar-refractivity contribution in [3.63, 3.8) is 0 Å². The standard InChI is InChI=1S/C25H49N5O2/c1-4-6-8-10-11-13-16-28-25-29-22(3)23(14-12-9-7-5-2)24(30-25)27-17-19-32-21-20-31-18-15-26/h4-21,26H2,1-3H3,(H2,27,28,29,30). The van der Waals surface area contributed by atoms with Crippen LogP contribution < -0.4 is 16.4 Å². The lowest BCUT2D eigenvalue weighted by molar-refractivity contribution is 0.0547. The quantitative estimate of drug-likeness (QED) is 0.212. The first kappa shape index (κ1) is 28.6. The third kappa shape index (κ3) is 13.9. The SMILES string of the molecule is CCCCCCCCNc1nc(C)c(CCCCCC)c(NCCOCCOCCN)n1. The van der Waals surface area contributed by atoms with Crippen LogP contribution >= 0.6 is 0 Å². The van der Waals surface area contributed by atoms with Crippen LogP contribution in [0.5, 0.6) is 0 Å². The fraction of sp³-hybridized carbons (Fsp3) is 0.840. The Morgan fingerprint density at radius 2 is 1.38 bits per heavy atom. The smallest absolute Gasteiger partial charge is 0.224 e. The number of ether oxygens (including phenoxy) is 2. The van der Waals surface area contributed by atoms with Crippen LogP contribution in [0.15, 0.2) is 0 Å². The van der Waals surface area contributed by atoms with Gasteiger partial charge < -0.3 is 25.8 Å². The van der Waals surface area contributed by atoms with E-state index in [1.165, 1.54) is 63.4 Å². The van der Waals surface area contributed by atoms with Gasteiger partial charge in [0.25, 0.3) is 0 Å². The topological polar surface area (TPSA) is 94.3 Å². The van der Waals surface area contributed by atoms with Crippen LogP contribution in [0.2, 0.25) is 0 Å². The predicted octanol–water partition coefficient (Wildman–Crippen LogP) is 5.08. The average Bonchev–Trinajstić information content (AvgIpc) is 2.79. The summed E-state index contributed by atoms with van der Waals surface area (Å²) in [5.74, 6) is 1.68.